The van der Waals surface area contributed by atoms with Crippen LogP contribution < -0.4 is 10.6 Å². The summed E-state index contributed by atoms with van der Waals surface area (Å²) in [4.78, 5) is 16.0. The Bertz CT molecular complexity index is 1360. The van der Waals surface area contributed by atoms with Gasteiger partial charge in [0.2, 0.25) is 5.95 Å². The number of pyridine rings is 1. The van der Waals surface area contributed by atoms with Crippen LogP contribution in [0.1, 0.15) is 43.2 Å². The molecule has 0 aromatic carbocycles. The predicted molar refractivity (Wildman–Crippen MR) is 130 cm³/mol. The molecule has 1 aliphatic heterocycles. The lowest BCUT2D eigenvalue weighted by molar-refractivity contribution is -0.137. The standard InChI is InChI=1S/C25H28F3N7O/c1-4-15-7-8-29-10-16(9-15)32-24-31-12-19(25(26,27)28)22(34-24)18-11-30-23-17(18)5-6-20(33-23)21-13(2)35-36-14(21)3/h5-6,11-12,15-16,29H,4,7-10H2,1-3H3,(H,30,33)(H,31,32,34)/t15-,16-/m1/s1. The first-order valence-electron chi connectivity index (χ1n) is 12.1. The Labute approximate surface area is 206 Å². The summed E-state index contributed by atoms with van der Waals surface area (Å²) in [6, 6.07) is 3.53. The second kappa shape index (κ2) is 9.53. The van der Waals surface area contributed by atoms with Gasteiger partial charge in [0.1, 0.15) is 17.0 Å². The van der Waals surface area contributed by atoms with Gasteiger partial charge in [-0.2, -0.15) is 13.2 Å². The van der Waals surface area contributed by atoms with Gasteiger partial charge in [-0.25, -0.2) is 15.0 Å². The van der Waals surface area contributed by atoms with E-state index in [1.807, 2.05) is 6.92 Å². The molecule has 4 aromatic heterocycles. The van der Waals surface area contributed by atoms with E-state index in [0.717, 1.165) is 37.6 Å². The molecule has 3 N–H and O–H groups in total. The SMILES string of the molecule is CC[C@@H]1CCNC[C@H](Nc2ncc(C(F)(F)F)c(-c3c[nH]c4nc(-c5c(C)noc5C)ccc34)n2)C1. The maximum Gasteiger partial charge on any atom is 0.419 e. The van der Waals surface area contributed by atoms with Crippen LogP contribution in [0.2, 0.25) is 0 Å². The number of hydrogen-bond donors (Lipinski definition) is 3. The summed E-state index contributed by atoms with van der Waals surface area (Å²) < 4.78 is 47.1. The Hall–Kier alpha value is -3.47. The molecular formula is C25H28F3N7O. The molecule has 190 valence electrons. The van der Waals surface area contributed by atoms with E-state index in [2.05, 4.69) is 42.6 Å². The Morgan fingerprint density at radius 3 is 2.75 bits per heavy atom. The van der Waals surface area contributed by atoms with Crippen LogP contribution in [0, 0.1) is 19.8 Å². The molecule has 4 aromatic rings. The van der Waals surface area contributed by atoms with Crippen molar-refractivity contribution in [1.29, 1.82) is 0 Å². The smallest absolute Gasteiger partial charge is 0.361 e. The average molecular weight is 500 g/mol. The molecule has 0 amide bonds. The number of fused-ring (bicyclic) bond motifs is 1. The number of hydrogen-bond acceptors (Lipinski definition) is 7. The van der Waals surface area contributed by atoms with E-state index in [0.29, 0.717) is 46.2 Å². The fourth-order valence-electron chi connectivity index (χ4n) is 4.90. The van der Waals surface area contributed by atoms with Crippen molar-refractivity contribution in [3.05, 3.63) is 41.5 Å². The Kier molecular flexibility index (Phi) is 6.42. The fraction of sp³-hybridized carbons (Fsp3) is 0.440. The van der Waals surface area contributed by atoms with Gasteiger partial charge in [0.25, 0.3) is 0 Å². The molecule has 0 unspecified atom stereocenters. The quantitative estimate of drug-likeness (QED) is 0.333. The van der Waals surface area contributed by atoms with Crippen molar-refractivity contribution in [1.82, 2.24) is 30.4 Å². The van der Waals surface area contributed by atoms with Crippen molar-refractivity contribution in [3.63, 3.8) is 0 Å². The van der Waals surface area contributed by atoms with Gasteiger partial charge in [0, 0.05) is 35.9 Å². The summed E-state index contributed by atoms with van der Waals surface area (Å²) in [7, 11) is 0. The number of H-pyrrole nitrogens is 1. The minimum Gasteiger partial charge on any atom is -0.361 e. The molecule has 1 fully saturated rings. The Morgan fingerprint density at radius 2 is 2.03 bits per heavy atom. The van der Waals surface area contributed by atoms with Crippen molar-refractivity contribution < 1.29 is 17.7 Å². The molecule has 36 heavy (non-hydrogen) atoms. The minimum absolute atomic E-state index is 0.0317. The van der Waals surface area contributed by atoms with Crippen LogP contribution in [0.25, 0.3) is 33.5 Å². The van der Waals surface area contributed by atoms with Gasteiger partial charge in [-0.15, -0.1) is 0 Å². The highest BCUT2D eigenvalue weighted by Gasteiger charge is 2.36. The fourth-order valence-corrected chi connectivity index (χ4v) is 4.90. The molecule has 2 atom stereocenters. The van der Waals surface area contributed by atoms with Crippen molar-refractivity contribution in [2.75, 3.05) is 18.4 Å². The van der Waals surface area contributed by atoms with E-state index in [4.69, 9.17) is 4.52 Å². The summed E-state index contributed by atoms with van der Waals surface area (Å²) >= 11 is 0. The minimum atomic E-state index is -4.61. The van der Waals surface area contributed by atoms with Crippen molar-refractivity contribution in [3.8, 4) is 22.5 Å². The third-order valence-corrected chi connectivity index (χ3v) is 6.83. The van der Waals surface area contributed by atoms with Gasteiger partial charge in [0.05, 0.1) is 22.6 Å². The summed E-state index contributed by atoms with van der Waals surface area (Å²) in [5, 5.41) is 11.1. The van der Waals surface area contributed by atoms with E-state index in [1.54, 1.807) is 19.1 Å². The summed E-state index contributed by atoms with van der Waals surface area (Å²) in [6.45, 7) is 7.39. The van der Waals surface area contributed by atoms with Gasteiger partial charge in [-0.3, -0.25) is 0 Å². The number of alkyl halides is 3. The Morgan fingerprint density at radius 1 is 1.19 bits per heavy atom. The van der Waals surface area contributed by atoms with Gasteiger partial charge < -0.3 is 20.1 Å². The first-order valence-corrected chi connectivity index (χ1v) is 12.1. The molecular weight excluding hydrogens is 471 g/mol. The lowest BCUT2D eigenvalue weighted by atomic mass is 9.95. The number of aromatic nitrogens is 5. The van der Waals surface area contributed by atoms with Gasteiger partial charge >= 0.3 is 6.18 Å². The number of nitrogens with zero attached hydrogens (tertiary/aromatic N) is 4. The van der Waals surface area contributed by atoms with Crippen molar-refractivity contribution in [2.24, 2.45) is 5.92 Å². The zero-order valence-electron chi connectivity index (χ0n) is 20.3. The maximum atomic E-state index is 14.0. The topological polar surface area (TPSA) is 105 Å². The molecule has 1 saturated heterocycles. The van der Waals surface area contributed by atoms with E-state index in [-0.39, 0.29) is 17.7 Å². The second-order valence-electron chi connectivity index (χ2n) is 9.29. The number of aromatic amines is 1. The summed E-state index contributed by atoms with van der Waals surface area (Å²) in [5.74, 6) is 1.34. The highest BCUT2D eigenvalue weighted by molar-refractivity contribution is 5.94. The van der Waals surface area contributed by atoms with E-state index < -0.39 is 11.7 Å². The van der Waals surface area contributed by atoms with Crippen LogP contribution in [0.5, 0.6) is 0 Å². The zero-order chi connectivity index (χ0) is 25.4. The van der Waals surface area contributed by atoms with Crippen LogP contribution in [-0.2, 0) is 6.18 Å². The molecule has 11 heteroatoms. The third kappa shape index (κ3) is 4.67. The molecule has 5 rings (SSSR count). The number of nitrogens with one attached hydrogen (secondary N) is 3. The maximum absolute atomic E-state index is 14.0. The van der Waals surface area contributed by atoms with E-state index in [1.165, 1.54) is 6.20 Å². The number of rotatable bonds is 5. The van der Waals surface area contributed by atoms with Crippen molar-refractivity contribution in [2.45, 2.75) is 52.3 Å². The lowest BCUT2D eigenvalue weighted by Gasteiger charge is -2.21. The highest BCUT2D eigenvalue weighted by Crippen LogP contribution is 2.39. The van der Waals surface area contributed by atoms with Crippen LogP contribution in [0.4, 0.5) is 19.1 Å². The third-order valence-electron chi connectivity index (χ3n) is 6.83. The molecule has 0 bridgehead atoms. The van der Waals surface area contributed by atoms with Crippen LogP contribution in [-0.4, -0.2) is 44.2 Å². The summed E-state index contributed by atoms with van der Waals surface area (Å²) in [5.41, 5.74) is 1.75. The summed E-state index contributed by atoms with van der Waals surface area (Å²) in [6.07, 6.45) is 0.791. The lowest BCUT2D eigenvalue weighted by Crippen LogP contribution is -2.32. The van der Waals surface area contributed by atoms with Crippen LogP contribution >= 0.6 is 0 Å². The van der Waals surface area contributed by atoms with Gasteiger partial charge in [-0.1, -0.05) is 18.5 Å². The number of anilines is 1. The average Bonchev–Trinajstić information content (AvgIpc) is 3.32. The van der Waals surface area contributed by atoms with E-state index >= 15 is 0 Å². The molecule has 0 saturated carbocycles. The molecule has 5 heterocycles. The van der Waals surface area contributed by atoms with Crippen LogP contribution in [0.15, 0.2) is 29.0 Å². The highest BCUT2D eigenvalue weighted by atomic mass is 19.4. The van der Waals surface area contributed by atoms with E-state index in [9.17, 15) is 13.2 Å². The predicted octanol–water partition coefficient (Wildman–Crippen LogP) is 5.50. The van der Waals surface area contributed by atoms with Gasteiger partial charge in [0.15, 0.2) is 0 Å². The second-order valence-corrected chi connectivity index (χ2v) is 9.29. The molecule has 0 radical (unpaired) electrons. The van der Waals surface area contributed by atoms with Crippen LogP contribution in [0.3, 0.4) is 0 Å². The first-order chi connectivity index (χ1) is 17.2. The zero-order valence-corrected chi connectivity index (χ0v) is 20.3. The molecule has 0 spiro atoms. The number of halogens is 3. The Balaban J connectivity index is 1.54. The largest absolute Gasteiger partial charge is 0.419 e. The molecule has 0 aliphatic carbocycles. The monoisotopic (exact) mass is 499 g/mol. The number of aryl methyl sites for hydroxylation is 2. The van der Waals surface area contributed by atoms with Gasteiger partial charge in [-0.05, 0) is 51.3 Å². The molecule has 1 aliphatic rings. The normalized spacial score (nSPS) is 18.9. The van der Waals surface area contributed by atoms with Crippen molar-refractivity contribution >= 4 is 17.0 Å². The molecule has 8 nitrogen and oxygen atoms in total. The first kappa shape index (κ1) is 24.2.